The quantitative estimate of drug-likeness (QED) is 0.667. The topological polar surface area (TPSA) is 95.9 Å². The first-order chi connectivity index (χ1) is 13.3. The van der Waals surface area contributed by atoms with Gasteiger partial charge in [-0.2, -0.15) is 8.78 Å². The van der Waals surface area contributed by atoms with E-state index >= 15 is 0 Å². The summed E-state index contributed by atoms with van der Waals surface area (Å²) in [6.45, 7) is -0.898. The second kappa shape index (κ2) is 10.0. The van der Waals surface area contributed by atoms with E-state index in [4.69, 9.17) is 0 Å². The van der Waals surface area contributed by atoms with Gasteiger partial charge in [-0.15, -0.1) is 0 Å². The molecule has 0 spiro atoms. The fraction of sp³-hybridized carbons (Fsp3) is 0.526. The summed E-state index contributed by atoms with van der Waals surface area (Å²) in [5.41, 5.74) is -0.0664. The van der Waals surface area contributed by atoms with Gasteiger partial charge in [-0.1, -0.05) is 31.9 Å². The van der Waals surface area contributed by atoms with Crippen LogP contribution in [0, 0.1) is 0 Å². The van der Waals surface area contributed by atoms with Crippen molar-refractivity contribution in [3.8, 4) is 5.75 Å². The molecule has 2 amide bonds. The molecule has 154 valence electrons. The van der Waals surface area contributed by atoms with Crippen LogP contribution in [0.25, 0.3) is 0 Å². The molecule has 0 aliphatic carbocycles. The maximum Gasteiger partial charge on any atom is 0.387 e. The van der Waals surface area contributed by atoms with Crippen molar-refractivity contribution in [2.75, 3.05) is 6.54 Å². The van der Waals surface area contributed by atoms with Gasteiger partial charge >= 0.3 is 12.6 Å². The summed E-state index contributed by atoms with van der Waals surface area (Å²) in [7, 11) is 0. The largest absolute Gasteiger partial charge is 0.480 e. The zero-order valence-corrected chi connectivity index (χ0v) is 15.6. The maximum absolute atomic E-state index is 12.9. The van der Waals surface area contributed by atoms with Crippen LogP contribution < -0.4 is 10.1 Å². The van der Waals surface area contributed by atoms with Crippen molar-refractivity contribution in [1.29, 1.82) is 0 Å². The number of nitrogens with zero attached hydrogens (tertiary/aromatic N) is 1. The van der Waals surface area contributed by atoms with E-state index in [0.717, 1.165) is 6.42 Å². The highest BCUT2D eigenvalue weighted by molar-refractivity contribution is 6.00. The van der Waals surface area contributed by atoms with Crippen molar-refractivity contribution in [2.24, 2.45) is 0 Å². The average Bonchev–Trinajstić information content (AvgIpc) is 3.14. The fourth-order valence-electron chi connectivity index (χ4n) is 3.21. The van der Waals surface area contributed by atoms with Crippen LogP contribution in [0.1, 0.15) is 49.4 Å². The standard InChI is InChI=1S/C19H24F2N2O5/c1-2-3-8-13(18(26)27)22-16(24)14-9-6-11-23(14)17(25)12-7-4-5-10-15(12)28-19(20)21/h4-5,7,10,13-14,19H,2-3,6,8-9,11H2,1H3,(H,22,24)(H,26,27)/t13-,14?/m0/s1. The summed E-state index contributed by atoms with van der Waals surface area (Å²) in [5, 5.41) is 11.8. The molecule has 2 atom stereocenters. The van der Waals surface area contributed by atoms with Crippen molar-refractivity contribution in [2.45, 2.75) is 57.7 Å². The molecule has 1 unspecified atom stereocenters. The molecule has 1 aliphatic heterocycles. The summed E-state index contributed by atoms with van der Waals surface area (Å²) in [4.78, 5) is 38.1. The van der Waals surface area contributed by atoms with Crippen molar-refractivity contribution >= 4 is 17.8 Å². The van der Waals surface area contributed by atoms with Gasteiger partial charge in [-0.05, 0) is 31.4 Å². The van der Waals surface area contributed by atoms with E-state index in [1.165, 1.54) is 29.2 Å². The number of carboxylic acid groups (broad SMARTS) is 1. The Morgan fingerprint density at radius 1 is 1.32 bits per heavy atom. The number of rotatable bonds is 9. The maximum atomic E-state index is 12.9. The van der Waals surface area contributed by atoms with E-state index in [9.17, 15) is 28.3 Å². The van der Waals surface area contributed by atoms with Gasteiger partial charge in [-0.3, -0.25) is 9.59 Å². The number of para-hydroxylation sites is 1. The number of likely N-dealkylation sites (tertiary alicyclic amines) is 1. The first-order valence-corrected chi connectivity index (χ1v) is 9.23. The molecule has 1 fully saturated rings. The summed E-state index contributed by atoms with van der Waals surface area (Å²) < 4.78 is 29.6. The highest BCUT2D eigenvalue weighted by atomic mass is 19.3. The third-order valence-corrected chi connectivity index (χ3v) is 4.61. The van der Waals surface area contributed by atoms with E-state index < -0.39 is 36.5 Å². The van der Waals surface area contributed by atoms with Crippen molar-refractivity contribution in [3.05, 3.63) is 29.8 Å². The number of unbranched alkanes of at least 4 members (excludes halogenated alkanes) is 1. The zero-order chi connectivity index (χ0) is 20.7. The Balaban J connectivity index is 2.14. The fourth-order valence-corrected chi connectivity index (χ4v) is 3.21. The number of alkyl halides is 2. The monoisotopic (exact) mass is 398 g/mol. The smallest absolute Gasteiger partial charge is 0.387 e. The highest BCUT2D eigenvalue weighted by Crippen LogP contribution is 2.26. The number of hydrogen-bond donors (Lipinski definition) is 2. The lowest BCUT2D eigenvalue weighted by Gasteiger charge is -2.26. The lowest BCUT2D eigenvalue weighted by atomic mass is 10.1. The molecule has 2 N–H and O–H groups in total. The summed E-state index contributed by atoms with van der Waals surface area (Å²) in [6.07, 6.45) is 2.64. The first kappa shape index (κ1) is 21.6. The van der Waals surface area contributed by atoms with E-state index in [2.05, 4.69) is 10.1 Å². The Kier molecular flexibility index (Phi) is 7.71. The van der Waals surface area contributed by atoms with Crippen LogP contribution in [-0.4, -0.2) is 53.0 Å². The normalized spacial score (nSPS) is 17.4. The van der Waals surface area contributed by atoms with Gasteiger partial charge in [0.05, 0.1) is 5.56 Å². The lowest BCUT2D eigenvalue weighted by molar-refractivity contribution is -0.142. The predicted octanol–water partition coefficient (Wildman–Crippen LogP) is 2.65. The van der Waals surface area contributed by atoms with Crippen molar-refractivity contribution in [3.63, 3.8) is 0 Å². The Labute approximate surface area is 161 Å². The van der Waals surface area contributed by atoms with Crippen molar-refractivity contribution in [1.82, 2.24) is 10.2 Å². The van der Waals surface area contributed by atoms with E-state index in [1.807, 2.05) is 6.92 Å². The molecule has 28 heavy (non-hydrogen) atoms. The number of carbonyl (C=O) groups is 3. The molecule has 1 heterocycles. The number of carbonyl (C=O) groups excluding carboxylic acids is 2. The minimum atomic E-state index is -3.08. The molecule has 0 radical (unpaired) electrons. The zero-order valence-electron chi connectivity index (χ0n) is 15.6. The summed E-state index contributed by atoms with van der Waals surface area (Å²) in [5.74, 6) is -2.55. The molecule has 0 saturated carbocycles. The Bertz CT molecular complexity index is 713. The van der Waals surface area contributed by atoms with E-state index in [-0.39, 0.29) is 17.9 Å². The Morgan fingerprint density at radius 2 is 2.04 bits per heavy atom. The van der Waals surface area contributed by atoms with E-state index in [0.29, 0.717) is 25.7 Å². The molecule has 2 rings (SSSR count). The van der Waals surface area contributed by atoms with Crippen LogP contribution in [0.2, 0.25) is 0 Å². The van der Waals surface area contributed by atoms with Gasteiger partial charge in [0, 0.05) is 6.54 Å². The molecule has 1 aromatic carbocycles. The van der Waals surface area contributed by atoms with Gasteiger partial charge < -0.3 is 20.1 Å². The van der Waals surface area contributed by atoms with Crippen molar-refractivity contribution < 1.29 is 33.0 Å². The number of nitrogens with one attached hydrogen (secondary N) is 1. The summed E-state index contributed by atoms with van der Waals surface area (Å²) in [6, 6.07) is 3.72. The number of ether oxygens (including phenoxy) is 1. The molecule has 0 bridgehead atoms. The Hall–Kier alpha value is -2.71. The lowest BCUT2D eigenvalue weighted by Crippen LogP contribution is -2.50. The summed E-state index contributed by atoms with van der Waals surface area (Å²) >= 11 is 0. The van der Waals surface area contributed by atoms with E-state index in [1.54, 1.807) is 0 Å². The molecule has 1 aliphatic rings. The highest BCUT2D eigenvalue weighted by Gasteiger charge is 2.37. The minimum Gasteiger partial charge on any atom is -0.480 e. The number of carboxylic acids is 1. The Morgan fingerprint density at radius 3 is 2.68 bits per heavy atom. The molecule has 7 nitrogen and oxygen atoms in total. The minimum absolute atomic E-state index is 0.0664. The number of aliphatic carboxylic acids is 1. The van der Waals surface area contributed by atoms with Gasteiger partial charge in [0.15, 0.2) is 0 Å². The predicted molar refractivity (Wildman–Crippen MR) is 96.2 cm³/mol. The molecule has 9 heteroatoms. The van der Waals surface area contributed by atoms with Crippen LogP contribution in [-0.2, 0) is 9.59 Å². The number of amides is 2. The van der Waals surface area contributed by atoms with Gasteiger partial charge in [0.2, 0.25) is 5.91 Å². The third kappa shape index (κ3) is 5.40. The van der Waals surface area contributed by atoms with Gasteiger partial charge in [-0.25, -0.2) is 4.79 Å². The number of benzene rings is 1. The van der Waals surface area contributed by atoms with Crippen LogP contribution >= 0.6 is 0 Å². The third-order valence-electron chi connectivity index (χ3n) is 4.61. The second-order valence-corrected chi connectivity index (χ2v) is 6.57. The number of halogens is 2. The van der Waals surface area contributed by atoms with Crippen LogP contribution in [0.5, 0.6) is 5.75 Å². The molecule has 0 aromatic heterocycles. The van der Waals surface area contributed by atoms with Gasteiger partial charge in [0.25, 0.3) is 5.91 Å². The molecular weight excluding hydrogens is 374 g/mol. The number of hydrogen-bond acceptors (Lipinski definition) is 4. The first-order valence-electron chi connectivity index (χ1n) is 9.23. The molecular formula is C19H24F2N2O5. The molecule has 1 aromatic rings. The second-order valence-electron chi connectivity index (χ2n) is 6.57. The van der Waals surface area contributed by atoms with Gasteiger partial charge in [0.1, 0.15) is 17.8 Å². The SMILES string of the molecule is CCCC[C@H](NC(=O)C1CCCN1C(=O)c1ccccc1OC(F)F)C(=O)O. The van der Waals surface area contributed by atoms with Crippen LogP contribution in [0.3, 0.4) is 0 Å². The van der Waals surface area contributed by atoms with Crippen LogP contribution in [0.4, 0.5) is 8.78 Å². The molecule has 1 saturated heterocycles. The average molecular weight is 398 g/mol. The van der Waals surface area contributed by atoms with Crippen LogP contribution in [0.15, 0.2) is 24.3 Å².